The molecule has 1 atom stereocenters. The molecule has 1 aromatic rings. The van der Waals surface area contributed by atoms with E-state index in [9.17, 15) is 18.3 Å². The molecule has 7 nitrogen and oxygen atoms in total. The summed E-state index contributed by atoms with van der Waals surface area (Å²) in [6.45, 7) is 3.32. The Hall–Kier alpha value is -1.34. The van der Waals surface area contributed by atoms with Gasteiger partial charge in [-0.05, 0) is 31.4 Å². The number of rotatable bonds is 9. The molecule has 0 bridgehead atoms. The molecular formula is C18H29F3IN5O2. The molecule has 1 fully saturated rings. The molecule has 1 aliphatic rings. The Kier molecular flexibility index (Phi) is 11.0. The predicted octanol–water partition coefficient (Wildman–Crippen LogP) is 2.47. The first-order chi connectivity index (χ1) is 13.4. The minimum atomic E-state index is -4.38. The fourth-order valence-corrected chi connectivity index (χ4v) is 2.98. The van der Waals surface area contributed by atoms with Gasteiger partial charge in [0.25, 0.3) is 0 Å². The van der Waals surface area contributed by atoms with Gasteiger partial charge in [0.15, 0.2) is 5.96 Å². The van der Waals surface area contributed by atoms with Crippen molar-refractivity contribution in [2.75, 3.05) is 51.8 Å². The number of guanidine groups is 1. The lowest BCUT2D eigenvalue weighted by atomic mass is 9.84. The van der Waals surface area contributed by atoms with Gasteiger partial charge in [-0.25, -0.2) is 4.98 Å². The molecule has 1 unspecified atom stereocenters. The van der Waals surface area contributed by atoms with Crippen LogP contribution < -0.4 is 16.0 Å². The predicted molar refractivity (Wildman–Crippen MR) is 117 cm³/mol. The summed E-state index contributed by atoms with van der Waals surface area (Å²) >= 11 is 0. The van der Waals surface area contributed by atoms with Crippen molar-refractivity contribution >= 4 is 35.8 Å². The molecule has 2 heterocycles. The van der Waals surface area contributed by atoms with Crippen LogP contribution in [0, 0.1) is 5.41 Å². The van der Waals surface area contributed by atoms with Gasteiger partial charge in [-0.15, -0.1) is 24.0 Å². The molecule has 1 saturated heterocycles. The summed E-state index contributed by atoms with van der Waals surface area (Å²) in [5, 5.41) is 18.7. The standard InChI is InChI=1S/C18H28F3N5O2.HI/c1-22-16(26-12-17(5-9-27)6-10-28-13-17)24-8-2-7-23-15-4-3-14(11-25-15)18(19,20)21;/h3-4,11,27H,2,5-10,12-13H2,1H3,(H,23,25)(H2,22,24,26);1H. The zero-order chi connectivity index (χ0) is 20.5. The van der Waals surface area contributed by atoms with E-state index in [1.165, 1.54) is 6.07 Å². The first kappa shape index (κ1) is 25.7. The van der Waals surface area contributed by atoms with Crippen molar-refractivity contribution in [2.45, 2.75) is 25.4 Å². The lowest BCUT2D eigenvalue weighted by molar-refractivity contribution is -0.137. The Balaban J connectivity index is 0.00000420. The maximum atomic E-state index is 12.5. The van der Waals surface area contributed by atoms with E-state index in [0.717, 1.165) is 25.1 Å². The number of aromatic nitrogens is 1. The van der Waals surface area contributed by atoms with E-state index in [2.05, 4.69) is 25.9 Å². The third-order valence-corrected chi connectivity index (χ3v) is 4.72. The quantitative estimate of drug-likeness (QED) is 0.170. The Labute approximate surface area is 185 Å². The van der Waals surface area contributed by atoms with Gasteiger partial charge in [0.1, 0.15) is 5.82 Å². The van der Waals surface area contributed by atoms with Gasteiger partial charge in [0, 0.05) is 51.5 Å². The normalized spacial score (nSPS) is 19.6. The fraction of sp³-hybridized carbons (Fsp3) is 0.667. The largest absolute Gasteiger partial charge is 0.417 e. The summed E-state index contributed by atoms with van der Waals surface area (Å²) in [4.78, 5) is 7.95. The number of aliphatic hydroxyl groups excluding tert-OH is 1. The average Bonchev–Trinajstić information content (AvgIpc) is 3.12. The van der Waals surface area contributed by atoms with E-state index in [0.29, 0.717) is 51.0 Å². The molecule has 4 N–H and O–H groups in total. The number of aliphatic hydroxyl groups is 1. The van der Waals surface area contributed by atoms with E-state index in [1.807, 2.05) is 0 Å². The van der Waals surface area contributed by atoms with Crippen molar-refractivity contribution in [3.63, 3.8) is 0 Å². The van der Waals surface area contributed by atoms with Crippen LogP contribution in [0.3, 0.4) is 0 Å². The van der Waals surface area contributed by atoms with Crippen LogP contribution in [0.4, 0.5) is 19.0 Å². The Bertz CT molecular complexity index is 623. The van der Waals surface area contributed by atoms with Gasteiger partial charge in [0.05, 0.1) is 12.2 Å². The minimum Gasteiger partial charge on any atom is -0.396 e. The summed E-state index contributed by atoms with van der Waals surface area (Å²) in [6, 6.07) is 2.33. The second kappa shape index (κ2) is 12.4. The van der Waals surface area contributed by atoms with Crippen LogP contribution in [0.5, 0.6) is 0 Å². The summed E-state index contributed by atoms with van der Waals surface area (Å²) in [5.41, 5.74) is -0.830. The van der Waals surface area contributed by atoms with Crippen LogP contribution in [0.1, 0.15) is 24.8 Å². The van der Waals surface area contributed by atoms with E-state index in [1.54, 1.807) is 7.05 Å². The highest BCUT2D eigenvalue weighted by Crippen LogP contribution is 2.31. The van der Waals surface area contributed by atoms with Crippen molar-refractivity contribution in [2.24, 2.45) is 10.4 Å². The first-order valence-electron chi connectivity index (χ1n) is 9.29. The van der Waals surface area contributed by atoms with E-state index in [4.69, 9.17) is 4.74 Å². The van der Waals surface area contributed by atoms with Gasteiger partial charge < -0.3 is 25.8 Å². The molecule has 1 aliphatic heterocycles. The Morgan fingerprint density at radius 2 is 2.10 bits per heavy atom. The number of hydrogen-bond acceptors (Lipinski definition) is 5. The molecule has 0 radical (unpaired) electrons. The number of ether oxygens (including phenoxy) is 1. The second-order valence-corrected chi connectivity index (χ2v) is 6.84. The van der Waals surface area contributed by atoms with Crippen molar-refractivity contribution in [3.05, 3.63) is 23.9 Å². The summed E-state index contributed by atoms with van der Waals surface area (Å²) < 4.78 is 43.0. The van der Waals surface area contributed by atoms with E-state index < -0.39 is 11.7 Å². The van der Waals surface area contributed by atoms with Crippen molar-refractivity contribution < 1.29 is 23.0 Å². The lowest BCUT2D eigenvalue weighted by Gasteiger charge is -2.27. The number of anilines is 1. The molecule has 11 heteroatoms. The fourth-order valence-electron chi connectivity index (χ4n) is 2.98. The molecule has 0 aliphatic carbocycles. The van der Waals surface area contributed by atoms with Crippen LogP contribution in [-0.2, 0) is 10.9 Å². The number of pyridine rings is 1. The number of nitrogens with one attached hydrogen (secondary N) is 3. The zero-order valence-corrected chi connectivity index (χ0v) is 18.7. The second-order valence-electron chi connectivity index (χ2n) is 6.84. The van der Waals surface area contributed by atoms with E-state index in [-0.39, 0.29) is 36.0 Å². The summed E-state index contributed by atoms with van der Waals surface area (Å²) in [5.74, 6) is 1.07. The smallest absolute Gasteiger partial charge is 0.396 e. The lowest BCUT2D eigenvalue weighted by Crippen LogP contribution is -2.44. The molecule has 29 heavy (non-hydrogen) atoms. The third kappa shape index (κ3) is 8.51. The highest BCUT2D eigenvalue weighted by molar-refractivity contribution is 14.0. The number of halogens is 4. The highest BCUT2D eigenvalue weighted by Gasteiger charge is 2.34. The SMILES string of the molecule is CN=C(NCCCNc1ccc(C(F)(F)F)cn1)NCC1(CCO)CCOC1.I. The average molecular weight is 531 g/mol. The van der Waals surface area contributed by atoms with Crippen LogP contribution in [-0.4, -0.2) is 62.6 Å². The number of alkyl halides is 3. The van der Waals surface area contributed by atoms with Crippen LogP contribution in [0.2, 0.25) is 0 Å². The number of nitrogens with zero attached hydrogens (tertiary/aromatic N) is 2. The maximum absolute atomic E-state index is 12.5. The molecule has 0 saturated carbocycles. The van der Waals surface area contributed by atoms with Gasteiger partial charge in [-0.3, -0.25) is 4.99 Å². The molecular weight excluding hydrogens is 502 g/mol. The van der Waals surface area contributed by atoms with Crippen LogP contribution in [0.15, 0.2) is 23.3 Å². The van der Waals surface area contributed by atoms with Gasteiger partial charge in [-0.2, -0.15) is 13.2 Å². The molecule has 2 rings (SSSR count). The van der Waals surface area contributed by atoms with E-state index >= 15 is 0 Å². The zero-order valence-electron chi connectivity index (χ0n) is 16.4. The van der Waals surface area contributed by atoms with Gasteiger partial charge in [-0.1, -0.05) is 0 Å². The minimum absolute atomic E-state index is 0. The first-order valence-corrected chi connectivity index (χ1v) is 9.29. The third-order valence-electron chi connectivity index (χ3n) is 4.72. The Morgan fingerprint density at radius 3 is 2.66 bits per heavy atom. The van der Waals surface area contributed by atoms with Crippen molar-refractivity contribution in [1.82, 2.24) is 15.6 Å². The van der Waals surface area contributed by atoms with Crippen molar-refractivity contribution in [1.29, 1.82) is 0 Å². The van der Waals surface area contributed by atoms with Crippen LogP contribution in [0.25, 0.3) is 0 Å². The summed E-state index contributed by atoms with van der Waals surface area (Å²) in [7, 11) is 1.68. The molecule has 0 amide bonds. The molecule has 0 spiro atoms. The molecule has 1 aromatic heterocycles. The van der Waals surface area contributed by atoms with Gasteiger partial charge in [0.2, 0.25) is 0 Å². The van der Waals surface area contributed by atoms with Crippen LogP contribution >= 0.6 is 24.0 Å². The summed E-state index contributed by atoms with van der Waals surface area (Å²) in [6.07, 6.45) is -1.24. The number of hydrogen-bond donors (Lipinski definition) is 4. The maximum Gasteiger partial charge on any atom is 0.417 e. The number of aliphatic imine (C=N–C) groups is 1. The van der Waals surface area contributed by atoms with Crippen molar-refractivity contribution in [3.8, 4) is 0 Å². The monoisotopic (exact) mass is 531 g/mol. The highest BCUT2D eigenvalue weighted by atomic mass is 127. The Morgan fingerprint density at radius 1 is 1.31 bits per heavy atom. The molecule has 166 valence electrons. The molecule has 0 aromatic carbocycles. The van der Waals surface area contributed by atoms with Gasteiger partial charge >= 0.3 is 6.18 Å². The topological polar surface area (TPSA) is 90.8 Å².